The summed E-state index contributed by atoms with van der Waals surface area (Å²) < 4.78 is 3.30. The van der Waals surface area contributed by atoms with Gasteiger partial charge >= 0.3 is 5.97 Å². The van der Waals surface area contributed by atoms with E-state index < -0.39 is 5.97 Å². The van der Waals surface area contributed by atoms with Gasteiger partial charge < -0.3 is 10.2 Å². The van der Waals surface area contributed by atoms with Crippen LogP contribution in [0.15, 0.2) is 32.3 Å². The predicted octanol–water partition coefficient (Wildman–Crippen LogP) is 2.46. The molecule has 0 aliphatic heterocycles. The number of aliphatic carboxylic acids is 1. The van der Waals surface area contributed by atoms with Crippen molar-refractivity contribution >= 4 is 49.6 Å². The highest BCUT2D eigenvalue weighted by atomic mass is 79.9. The van der Waals surface area contributed by atoms with Crippen LogP contribution in [0.1, 0.15) is 5.82 Å². The number of carboxylic acid groups (broad SMARTS) is 1. The van der Waals surface area contributed by atoms with Crippen LogP contribution in [-0.2, 0) is 11.4 Å². The Morgan fingerprint density at radius 1 is 1.35 bits per heavy atom. The second-order valence-electron chi connectivity index (χ2n) is 3.67. The fraction of sp³-hybridized carbons (Fsp3) is 0.182. The van der Waals surface area contributed by atoms with E-state index in [1.54, 1.807) is 4.57 Å². The van der Waals surface area contributed by atoms with E-state index >= 15 is 0 Å². The summed E-state index contributed by atoms with van der Waals surface area (Å²) in [5.41, 5.74) is 0.732. The van der Waals surface area contributed by atoms with E-state index in [0.29, 0.717) is 11.0 Å². The van der Waals surface area contributed by atoms with E-state index in [2.05, 4.69) is 42.1 Å². The minimum absolute atomic E-state index is 0.127. The first-order valence-electron chi connectivity index (χ1n) is 5.38. The van der Waals surface area contributed by atoms with Gasteiger partial charge in [-0.05, 0) is 34.1 Å². The monoisotopic (exact) mass is 421 g/mol. The van der Waals surface area contributed by atoms with Gasteiger partial charge in [0.1, 0.15) is 6.61 Å². The molecule has 0 aliphatic rings. The topological polar surface area (TPSA) is 88.2 Å². The van der Waals surface area contributed by atoms with Crippen molar-refractivity contribution in [1.29, 1.82) is 0 Å². The van der Waals surface area contributed by atoms with E-state index in [9.17, 15) is 9.90 Å². The van der Waals surface area contributed by atoms with Crippen molar-refractivity contribution in [2.45, 2.75) is 11.8 Å². The molecule has 0 saturated carbocycles. The van der Waals surface area contributed by atoms with Gasteiger partial charge in [0.05, 0.1) is 11.4 Å². The van der Waals surface area contributed by atoms with Crippen LogP contribution < -0.4 is 0 Å². The molecule has 1 aromatic carbocycles. The molecule has 9 heteroatoms. The van der Waals surface area contributed by atoms with Crippen LogP contribution in [0.2, 0.25) is 0 Å². The minimum Gasteiger partial charge on any atom is -0.481 e. The molecule has 0 fully saturated rings. The Kier molecular flexibility index (Phi) is 5.19. The maximum Gasteiger partial charge on any atom is 0.313 e. The number of aromatic nitrogens is 3. The fourth-order valence-electron chi connectivity index (χ4n) is 1.53. The normalized spacial score (nSPS) is 10.8. The Hall–Kier alpha value is -0.900. The Morgan fingerprint density at radius 3 is 2.70 bits per heavy atom. The summed E-state index contributed by atoms with van der Waals surface area (Å²) in [5.74, 6) is -0.719. The van der Waals surface area contributed by atoms with Crippen molar-refractivity contribution in [3.8, 4) is 5.69 Å². The number of rotatable bonds is 5. The summed E-state index contributed by atoms with van der Waals surface area (Å²) >= 11 is 7.84. The molecule has 0 aliphatic carbocycles. The molecule has 1 heterocycles. The predicted molar refractivity (Wildman–Crippen MR) is 81.0 cm³/mol. The van der Waals surface area contributed by atoms with Crippen molar-refractivity contribution in [2.75, 3.05) is 5.75 Å². The second kappa shape index (κ2) is 6.70. The molecule has 106 valence electrons. The molecular formula is C11H9Br2N3O3S. The van der Waals surface area contributed by atoms with Crippen LogP contribution in [0, 0.1) is 0 Å². The lowest BCUT2D eigenvalue weighted by Gasteiger charge is -2.10. The van der Waals surface area contributed by atoms with Crippen LogP contribution in [0.3, 0.4) is 0 Å². The number of thioether (sulfide) groups is 1. The Bertz CT molecular complexity index is 648. The molecule has 0 radical (unpaired) electrons. The maximum absolute atomic E-state index is 10.7. The molecule has 2 rings (SSSR count). The highest BCUT2D eigenvalue weighted by Crippen LogP contribution is 2.29. The van der Waals surface area contributed by atoms with Crippen molar-refractivity contribution in [2.24, 2.45) is 0 Å². The average Bonchev–Trinajstić information content (AvgIpc) is 2.79. The highest BCUT2D eigenvalue weighted by molar-refractivity contribution is 9.11. The molecular weight excluding hydrogens is 414 g/mol. The van der Waals surface area contributed by atoms with E-state index in [0.717, 1.165) is 26.4 Å². The molecule has 20 heavy (non-hydrogen) atoms. The second-order valence-corrected chi connectivity index (χ2v) is 6.38. The molecule has 0 amide bonds. The van der Waals surface area contributed by atoms with Crippen LogP contribution in [-0.4, -0.2) is 36.7 Å². The summed E-state index contributed by atoms with van der Waals surface area (Å²) in [4.78, 5) is 10.7. The van der Waals surface area contributed by atoms with E-state index in [1.165, 1.54) is 0 Å². The molecule has 2 N–H and O–H groups in total. The number of aliphatic hydroxyl groups excluding tert-OH is 1. The lowest BCUT2D eigenvalue weighted by atomic mass is 10.3. The largest absolute Gasteiger partial charge is 0.481 e. The number of benzene rings is 1. The van der Waals surface area contributed by atoms with Gasteiger partial charge in [0.25, 0.3) is 0 Å². The van der Waals surface area contributed by atoms with E-state index in [-0.39, 0.29) is 12.4 Å². The zero-order chi connectivity index (χ0) is 14.7. The van der Waals surface area contributed by atoms with Crippen LogP contribution >= 0.6 is 43.6 Å². The van der Waals surface area contributed by atoms with Crippen LogP contribution in [0.5, 0.6) is 0 Å². The minimum atomic E-state index is -0.940. The van der Waals surface area contributed by atoms with Gasteiger partial charge in [0.2, 0.25) is 0 Å². The zero-order valence-electron chi connectivity index (χ0n) is 9.95. The zero-order valence-corrected chi connectivity index (χ0v) is 13.9. The number of carbonyl (C=O) groups is 1. The number of halogens is 2. The molecule has 0 bridgehead atoms. The van der Waals surface area contributed by atoms with Crippen molar-refractivity contribution < 1.29 is 15.0 Å². The summed E-state index contributed by atoms with van der Waals surface area (Å²) in [6.07, 6.45) is 0. The standard InChI is InChI=1S/C11H9Br2N3O3S/c12-6-1-2-8(7(13)3-6)16-9(4-17)14-15-11(16)20-5-10(18)19/h1-3,17H,4-5H2,(H,18,19). The Labute approximate surface area is 135 Å². The third-order valence-corrected chi connectivity index (χ3v) is 4.36. The van der Waals surface area contributed by atoms with E-state index in [4.69, 9.17) is 5.11 Å². The van der Waals surface area contributed by atoms with Crippen molar-refractivity contribution in [3.63, 3.8) is 0 Å². The molecule has 6 nitrogen and oxygen atoms in total. The highest BCUT2D eigenvalue weighted by Gasteiger charge is 2.17. The van der Waals surface area contributed by atoms with Gasteiger partial charge in [-0.2, -0.15) is 0 Å². The SMILES string of the molecule is O=C(O)CSc1nnc(CO)n1-c1ccc(Br)cc1Br. The number of aliphatic hydroxyl groups is 1. The number of nitrogens with zero attached hydrogens (tertiary/aromatic N) is 3. The van der Waals surface area contributed by atoms with Gasteiger partial charge in [-0.1, -0.05) is 27.7 Å². The van der Waals surface area contributed by atoms with Gasteiger partial charge in [-0.15, -0.1) is 10.2 Å². The van der Waals surface area contributed by atoms with Gasteiger partial charge in [0, 0.05) is 8.95 Å². The van der Waals surface area contributed by atoms with E-state index in [1.807, 2.05) is 18.2 Å². The van der Waals surface area contributed by atoms with Gasteiger partial charge in [-0.3, -0.25) is 9.36 Å². The van der Waals surface area contributed by atoms with Crippen LogP contribution in [0.25, 0.3) is 5.69 Å². The number of hydrogen-bond donors (Lipinski definition) is 2. The van der Waals surface area contributed by atoms with Crippen molar-refractivity contribution in [1.82, 2.24) is 14.8 Å². The fourth-order valence-corrected chi connectivity index (χ4v) is 3.44. The summed E-state index contributed by atoms with van der Waals surface area (Å²) in [6.45, 7) is -0.289. The smallest absolute Gasteiger partial charge is 0.313 e. The summed E-state index contributed by atoms with van der Waals surface area (Å²) in [5, 5.41) is 26.3. The lowest BCUT2D eigenvalue weighted by molar-refractivity contribution is -0.133. The number of hydrogen-bond acceptors (Lipinski definition) is 5. The lowest BCUT2D eigenvalue weighted by Crippen LogP contribution is -2.05. The van der Waals surface area contributed by atoms with Crippen LogP contribution in [0.4, 0.5) is 0 Å². The van der Waals surface area contributed by atoms with Crippen molar-refractivity contribution in [3.05, 3.63) is 33.0 Å². The molecule has 0 saturated heterocycles. The van der Waals surface area contributed by atoms with Gasteiger partial charge in [-0.25, -0.2) is 0 Å². The van der Waals surface area contributed by atoms with Gasteiger partial charge in [0.15, 0.2) is 11.0 Å². The number of carboxylic acids is 1. The summed E-state index contributed by atoms with van der Waals surface area (Å²) in [7, 11) is 0. The molecule has 0 spiro atoms. The Balaban J connectivity index is 2.47. The molecule has 0 atom stereocenters. The first-order chi connectivity index (χ1) is 9.52. The average molecular weight is 423 g/mol. The first kappa shape index (κ1) is 15.5. The molecule has 0 unspecified atom stereocenters. The molecule has 2 aromatic rings. The Morgan fingerprint density at radius 2 is 2.10 bits per heavy atom. The third-order valence-electron chi connectivity index (χ3n) is 2.32. The third kappa shape index (κ3) is 3.40. The molecule has 1 aromatic heterocycles. The summed E-state index contributed by atoms with van der Waals surface area (Å²) in [6, 6.07) is 5.51. The quantitative estimate of drug-likeness (QED) is 0.719. The maximum atomic E-state index is 10.7. The first-order valence-corrected chi connectivity index (χ1v) is 7.95.